The van der Waals surface area contributed by atoms with Gasteiger partial charge in [0.15, 0.2) is 5.16 Å². The molecule has 0 spiro atoms. The van der Waals surface area contributed by atoms with Crippen LogP contribution in [0.25, 0.3) is 22.4 Å². The van der Waals surface area contributed by atoms with E-state index in [2.05, 4.69) is 28.9 Å². The minimum atomic E-state index is -0.134. The van der Waals surface area contributed by atoms with Gasteiger partial charge < -0.3 is 4.90 Å². The third-order valence-corrected chi connectivity index (χ3v) is 7.80. The molecule has 0 aliphatic heterocycles. The summed E-state index contributed by atoms with van der Waals surface area (Å²) in [6.07, 6.45) is 5.79. The Balaban J connectivity index is 1.55. The Morgan fingerprint density at radius 3 is 2.51 bits per heavy atom. The summed E-state index contributed by atoms with van der Waals surface area (Å²) in [5.74, 6) is 0.865. The minimum Gasteiger partial charge on any atom is -0.337 e. The van der Waals surface area contributed by atoms with E-state index in [1.807, 2.05) is 59.9 Å². The zero-order valence-electron chi connectivity index (χ0n) is 20.5. The van der Waals surface area contributed by atoms with Gasteiger partial charge >= 0.3 is 0 Å². The van der Waals surface area contributed by atoms with Gasteiger partial charge in [0, 0.05) is 12.1 Å². The standard InChI is InChI=1S/C27H31N5O2S/c1-18(2)30(20-12-5-4-6-13-20)24(33)17-35-27-29-28-26-31(22-15-9-7-11-19(22)3)25(34)21-14-8-10-16-23(21)32(26)27/h7-11,14-16,18,20H,4-6,12-13,17H2,1-3H3. The Labute approximate surface area is 209 Å². The van der Waals surface area contributed by atoms with Gasteiger partial charge in [-0.3, -0.25) is 14.0 Å². The van der Waals surface area contributed by atoms with Crippen molar-refractivity contribution in [3.8, 4) is 5.69 Å². The lowest BCUT2D eigenvalue weighted by Gasteiger charge is -2.37. The van der Waals surface area contributed by atoms with E-state index in [-0.39, 0.29) is 23.3 Å². The Morgan fingerprint density at radius 2 is 1.77 bits per heavy atom. The minimum absolute atomic E-state index is 0.130. The van der Waals surface area contributed by atoms with Gasteiger partial charge in [-0.2, -0.15) is 0 Å². The second kappa shape index (κ2) is 9.85. The zero-order valence-corrected chi connectivity index (χ0v) is 21.3. The molecular formula is C27H31N5O2S. The summed E-state index contributed by atoms with van der Waals surface area (Å²) >= 11 is 1.39. The summed E-state index contributed by atoms with van der Waals surface area (Å²) in [6, 6.07) is 15.7. The largest absolute Gasteiger partial charge is 0.337 e. The molecule has 8 heteroatoms. The topological polar surface area (TPSA) is 72.5 Å². The van der Waals surface area contributed by atoms with Crippen molar-refractivity contribution in [2.45, 2.75) is 70.1 Å². The first-order chi connectivity index (χ1) is 17.0. The molecule has 2 heterocycles. The van der Waals surface area contributed by atoms with Crippen LogP contribution in [0.15, 0.2) is 58.5 Å². The van der Waals surface area contributed by atoms with Crippen LogP contribution in [0.5, 0.6) is 0 Å². The van der Waals surface area contributed by atoms with Crippen LogP contribution in [-0.2, 0) is 4.79 Å². The van der Waals surface area contributed by atoms with E-state index >= 15 is 0 Å². The van der Waals surface area contributed by atoms with Gasteiger partial charge in [0.2, 0.25) is 11.7 Å². The van der Waals surface area contributed by atoms with Crippen molar-refractivity contribution in [2.75, 3.05) is 5.75 Å². The number of hydrogen-bond donors (Lipinski definition) is 0. The number of carbonyl (C=O) groups is 1. The molecule has 5 rings (SSSR count). The monoisotopic (exact) mass is 489 g/mol. The van der Waals surface area contributed by atoms with Crippen LogP contribution in [-0.4, -0.2) is 47.8 Å². The van der Waals surface area contributed by atoms with E-state index in [1.54, 1.807) is 4.57 Å². The van der Waals surface area contributed by atoms with E-state index in [4.69, 9.17) is 0 Å². The van der Waals surface area contributed by atoms with Crippen LogP contribution in [0.3, 0.4) is 0 Å². The van der Waals surface area contributed by atoms with Gasteiger partial charge in [0.05, 0.1) is 22.3 Å². The SMILES string of the molecule is Cc1ccccc1-n1c(=O)c2ccccc2n2c(SCC(=O)N(C(C)C)C3CCCCC3)nnc12. The lowest BCUT2D eigenvalue weighted by Crippen LogP contribution is -2.46. The average molecular weight is 490 g/mol. The summed E-state index contributed by atoms with van der Waals surface area (Å²) in [4.78, 5) is 28.9. The second-order valence-corrected chi connectivity index (χ2v) is 10.5. The summed E-state index contributed by atoms with van der Waals surface area (Å²) in [5, 5.41) is 10.1. The fourth-order valence-electron chi connectivity index (χ4n) is 5.28. The predicted octanol–water partition coefficient (Wildman–Crippen LogP) is 5.00. The number of nitrogens with zero attached hydrogens (tertiary/aromatic N) is 5. The molecule has 7 nitrogen and oxygen atoms in total. The van der Waals surface area contributed by atoms with Gasteiger partial charge in [-0.25, -0.2) is 4.57 Å². The fourth-order valence-corrected chi connectivity index (χ4v) is 6.09. The van der Waals surface area contributed by atoms with Crippen LogP contribution in [0, 0.1) is 6.92 Å². The van der Waals surface area contributed by atoms with Crippen LogP contribution >= 0.6 is 11.8 Å². The molecule has 0 atom stereocenters. The molecule has 1 aliphatic carbocycles. The van der Waals surface area contributed by atoms with E-state index in [0.717, 1.165) is 29.6 Å². The van der Waals surface area contributed by atoms with Crippen LogP contribution in [0.2, 0.25) is 0 Å². The molecule has 0 saturated heterocycles. The van der Waals surface area contributed by atoms with Gasteiger partial charge in [-0.05, 0) is 57.4 Å². The number of rotatable bonds is 6. The van der Waals surface area contributed by atoms with Gasteiger partial charge in [0.1, 0.15) is 0 Å². The summed E-state index contributed by atoms with van der Waals surface area (Å²) in [5.41, 5.74) is 2.35. The maximum Gasteiger partial charge on any atom is 0.267 e. The molecule has 0 bridgehead atoms. The Hall–Kier alpha value is -3.13. The number of aromatic nitrogens is 4. The fraction of sp³-hybridized carbons (Fsp3) is 0.407. The molecule has 35 heavy (non-hydrogen) atoms. The molecule has 2 aromatic heterocycles. The zero-order chi connectivity index (χ0) is 24.5. The molecule has 1 aliphatic rings. The van der Waals surface area contributed by atoms with Crippen LogP contribution < -0.4 is 5.56 Å². The molecule has 0 radical (unpaired) electrons. The van der Waals surface area contributed by atoms with Crippen molar-refractivity contribution in [1.82, 2.24) is 24.1 Å². The number of para-hydroxylation sites is 2. The Morgan fingerprint density at radius 1 is 1.06 bits per heavy atom. The third kappa shape index (κ3) is 4.35. The highest BCUT2D eigenvalue weighted by Gasteiger charge is 2.28. The molecule has 182 valence electrons. The van der Waals surface area contributed by atoms with E-state index in [9.17, 15) is 9.59 Å². The number of aryl methyl sites for hydroxylation is 1. The molecule has 4 aromatic rings. The van der Waals surface area contributed by atoms with Crippen LogP contribution in [0.1, 0.15) is 51.5 Å². The molecule has 1 amide bonds. The number of hydrogen-bond acceptors (Lipinski definition) is 5. The molecule has 1 fully saturated rings. The Bertz CT molecular complexity index is 1430. The molecule has 0 unspecified atom stereocenters. The summed E-state index contributed by atoms with van der Waals surface area (Å²) < 4.78 is 3.53. The number of benzene rings is 2. The summed E-state index contributed by atoms with van der Waals surface area (Å²) in [6.45, 7) is 6.17. The lowest BCUT2D eigenvalue weighted by molar-refractivity contribution is -0.133. The second-order valence-electron chi connectivity index (χ2n) is 9.54. The number of amides is 1. The third-order valence-electron chi connectivity index (χ3n) is 6.89. The van der Waals surface area contributed by atoms with E-state index < -0.39 is 0 Å². The predicted molar refractivity (Wildman–Crippen MR) is 140 cm³/mol. The quantitative estimate of drug-likeness (QED) is 0.356. The van der Waals surface area contributed by atoms with E-state index in [0.29, 0.717) is 22.4 Å². The molecule has 2 aromatic carbocycles. The highest BCUT2D eigenvalue weighted by molar-refractivity contribution is 7.99. The normalized spacial score (nSPS) is 14.7. The maximum atomic E-state index is 13.5. The Kier molecular flexibility index (Phi) is 6.65. The first kappa shape index (κ1) is 23.6. The highest BCUT2D eigenvalue weighted by atomic mass is 32.2. The smallest absolute Gasteiger partial charge is 0.267 e. The van der Waals surface area contributed by atoms with E-state index in [1.165, 1.54) is 31.0 Å². The molecular weight excluding hydrogens is 458 g/mol. The number of thioether (sulfide) groups is 1. The molecule has 1 saturated carbocycles. The number of fused-ring (bicyclic) bond motifs is 3. The van der Waals surface area contributed by atoms with Crippen molar-refractivity contribution in [2.24, 2.45) is 0 Å². The van der Waals surface area contributed by atoms with Crippen molar-refractivity contribution in [3.63, 3.8) is 0 Å². The highest BCUT2D eigenvalue weighted by Crippen LogP contribution is 2.27. The average Bonchev–Trinajstić information content (AvgIpc) is 3.28. The van der Waals surface area contributed by atoms with Crippen molar-refractivity contribution >= 4 is 34.3 Å². The lowest BCUT2D eigenvalue weighted by atomic mass is 9.93. The first-order valence-corrected chi connectivity index (χ1v) is 13.3. The van der Waals surface area contributed by atoms with Crippen molar-refractivity contribution in [3.05, 3.63) is 64.4 Å². The number of carbonyl (C=O) groups excluding carboxylic acids is 1. The first-order valence-electron chi connectivity index (χ1n) is 12.4. The van der Waals surface area contributed by atoms with Gasteiger partial charge in [-0.1, -0.05) is 61.4 Å². The van der Waals surface area contributed by atoms with Gasteiger partial charge in [-0.15, -0.1) is 10.2 Å². The maximum absolute atomic E-state index is 13.5. The van der Waals surface area contributed by atoms with Crippen molar-refractivity contribution in [1.29, 1.82) is 0 Å². The molecule has 0 N–H and O–H groups in total. The van der Waals surface area contributed by atoms with Gasteiger partial charge in [0.25, 0.3) is 5.56 Å². The van der Waals surface area contributed by atoms with Crippen molar-refractivity contribution < 1.29 is 4.79 Å². The summed E-state index contributed by atoms with van der Waals surface area (Å²) in [7, 11) is 0. The van der Waals surface area contributed by atoms with Crippen LogP contribution in [0.4, 0.5) is 0 Å².